The van der Waals surface area contributed by atoms with Crippen molar-refractivity contribution in [3.05, 3.63) is 83.7 Å². The fourth-order valence-corrected chi connectivity index (χ4v) is 2.84. The van der Waals surface area contributed by atoms with Crippen molar-refractivity contribution in [1.82, 2.24) is 5.43 Å². The van der Waals surface area contributed by atoms with Crippen molar-refractivity contribution in [2.75, 3.05) is 24.4 Å². The standard InChI is InChI=1S/C25H23FN4O5/c1-16-3-12-22(34-2)21(13-16)29-24(32)25(33)30-27-14-17-4-10-20(11-5-17)35-15-23(31)28-19-8-6-18(26)7-9-19/h3-14H,15H2,1-2H3,(H,28,31)(H,29,32)(H,30,33)/b27-14-. The van der Waals surface area contributed by atoms with Crippen molar-refractivity contribution in [2.24, 2.45) is 5.10 Å². The van der Waals surface area contributed by atoms with Crippen LogP contribution in [-0.4, -0.2) is 37.7 Å². The Morgan fingerprint density at radius 3 is 2.34 bits per heavy atom. The highest BCUT2D eigenvalue weighted by Gasteiger charge is 2.15. The first-order valence-corrected chi connectivity index (χ1v) is 10.4. The molecule has 0 aliphatic heterocycles. The summed E-state index contributed by atoms with van der Waals surface area (Å²) in [5, 5.41) is 8.85. The molecule has 0 bridgehead atoms. The number of benzene rings is 3. The Bertz CT molecular complexity index is 1230. The van der Waals surface area contributed by atoms with Crippen LogP contribution >= 0.6 is 0 Å². The molecule has 10 heteroatoms. The molecule has 0 heterocycles. The molecule has 0 aliphatic rings. The quantitative estimate of drug-likeness (QED) is 0.261. The fourth-order valence-electron chi connectivity index (χ4n) is 2.84. The number of amides is 3. The molecule has 3 aromatic rings. The summed E-state index contributed by atoms with van der Waals surface area (Å²) in [6.45, 7) is 1.61. The van der Waals surface area contributed by atoms with E-state index in [1.807, 2.05) is 13.0 Å². The number of carbonyl (C=O) groups is 3. The molecule has 3 aromatic carbocycles. The van der Waals surface area contributed by atoms with E-state index >= 15 is 0 Å². The topological polar surface area (TPSA) is 118 Å². The molecule has 0 unspecified atom stereocenters. The second-order valence-corrected chi connectivity index (χ2v) is 7.27. The van der Waals surface area contributed by atoms with E-state index in [0.29, 0.717) is 28.4 Å². The Balaban J connectivity index is 1.45. The zero-order valence-electron chi connectivity index (χ0n) is 19.0. The van der Waals surface area contributed by atoms with E-state index in [9.17, 15) is 18.8 Å². The first kappa shape index (κ1) is 24.9. The predicted molar refractivity (Wildman–Crippen MR) is 129 cm³/mol. The summed E-state index contributed by atoms with van der Waals surface area (Å²) >= 11 is 0. The van der Waals surface area contributed by atoms with Gasteiger partial charge in [0.15, 0.2) is 6.61 Å². The third-order valence-corrected chi connectivity index (χ3v) is 4.57. The Labute approximate surface area is 200 Å². The first-order chi connectivity index (χ1) is 16.8. The number of rotatable bonds is 8. The highest BCUT2D eigenvalue weighted by Crippen LogP contribution is 2.25. The number of hydrazone groups is 1. The van der Waals surface area contributed by atoms with Crippen molar-refractivity contribution in [2.45, 2.75) is 6.92 Å². The van der Waals surface area contributed by atoms with E-state index in [-0.39, 0.29) is 6.61 Å². The third kappa shape index (κ3) is 7.67. The van der Waals surface area contributed by atoms with Crippen LogP contribution in [0.15, 0.2) is 71.8 Å². The molecule has 0 aromatic heterocycles. The smallest absolute Gasteiger partial charge is 0.329 e. The van der Waals surface area contributed by atoms with Gasteiger partial charge >= 0.3 is 11.8 Å². The molecule has 0 radical (unpaired) electrons. The number of anilines is 2. The van der Waals surface area contributed by atoms with Crippen LogP contribution in [0.4, 0.5) is 15.8 Å². The zero-order valence-corrected chi connectivity index (χ0v) is 19.0. The van der Waals surface area contributed by atoms with Gasteiger partial charge in [-0.25, -0.2) is 9.82 Å². The summed E-state index contributed by atoms with van der Waals surface area (Å²) in [5.41, 5.74) is 4.50. The third-order valence-electron chi connectivity index (χ3n) is 4.57. The van der Waals surface area contributed by atoms with Crippen LogP contribution in [-0.2, 0) is 14.4 Å². The largest absolute Gasteiger partial charge is 0.495 e. The number of methoxy groups -OCH3 is 1. The van der Waals surface area contributed by atoms with Crippen molar-refractivity contribution in [3.8, 4) is 11.5 Å². The number of ether oxygens (including phenoxy) is 2. The van der Waals surface area contributed by atoms with E-state index in [2.05, 4.69) is 21.2 Å². The summed E-state index contributed by atoms with van der Waals surface area (Å²) in [6, 6.07) is 17.1. The maximum absolute atomic E-state index is 12.9. The average Bonchev–Trinajstić information content (AvgIpc) is 2.85. The number of hydrogen-bond donors (Lipinski definition) is 3. The van der Waals surface area contributed by atoms with Crippen LogP contribution in [0.3, 0.4) is 0 Å². The number of halogens is 1. The van der Waals surface area contributed by atoms with E-state index < -0.39 is 23.5 Å². The van der Waals surface area contributed by atoms with Gasteiger partial charge in [-0.1, -0.05) is 6.07 Å². The van der Waals surface area contributed by atoms with Crippen LogP contribution in [0.1, 0.15) is 11.1 Å². The summed E-state index contributed by atoms with van der Waals surface area (Å²) < 4.78 is 23.5. The summed E-state index contributed by atoms with van der Waals surface area (Å²) in [4.78, 5) is 36.1. The average molecular weight is 478 g/mol. The van der Waals surface area contributed by atoms with Gasteiger partial charge in [-0.3, -0.25) is 14.4 Å². The maximum atomic E-state index is 12.9. The molecule has 35 heavy (non-hydrogen) atoms. The van der Waals surface area contributed by atoms with Crippen LogP contribution in [0, 0.1) is 12.7 Å². The van der Waals surface area contributed by atoms with Crippen LogP contribution < -0.4 is 25.5 Å². The van der Waals surface area contributed by atoms with Gasteiger partial charge in [0, 0.05) is 5.69 Å². The molecule has 0 fully saturated rings. The Hall–Kier alpha value is -4.73. The van der Waals surface area contributed by atoms with Gasteiger partial charge in [0.2, 0.25) is 0 Å². The van der Waals surface area contributed by atoms with E-state index in [1.165, 1.54) is 37.6 Å². The SMILES string of the molecule is COc1ccc(C)cc1NC(=O)C(=O)N/N=C\c1ccc(OCC(=O)Nc2ccc(F)cc2)cc1. The normalized spacial score (nSPS) is 10.5. The van der Waals surface area contributed by atoms with Crippen molar-refractivity contribution >= 4 is 35.3 Å². The van der Waals surface area contributed by atoms with Crippen molar-refractivity contribution in [1.29, 1.82) is 0 Å². The molecule has 0 spiro atoms. The van der Waals surface area contributed by atoms with Crippen LogP contribution in [0.25, 0.3) is 0 Å². The van der Waals surface area contributed by atoms with Crippen molar-refractivity contribution in [3.63, 3.8) is 0 Å². The lowest BCUT2D eigenvalue weighted by atomic mass is 10.2. The monoisotopic (exact) mass is 478 g/mol. The van der Waals surface area contributed by atoms with E-state index in [0.717, 1.165) is 5.56 Å². The lowest BCUT2D eigenvalue weighted by Gasteiger charge is -2.10. The zero-order chi connectivity index (χ0) is 25.2. The minimum atomic E-state index is -0.947. The first-order valence-electron chi connectivity index (χ1n) is 10.4. The molecule has 180 valence electrons. The van der Waals surface area contributed by atoms with Gasteiger partial charge in [0.25, 0.3) is 5.91 Å². The van der Waals surface area contributed by atoms with Gasteiger partial charge in [0.1, 0.15) is 17.3 Å². The van der Waals surface area contributed by atoms with Gasteiger partial charge in [0.05, 0.1) is 19.0 Å². The number of nitrogens with zero attached hydrogens (tertiary/aromatic N) is 1. The molecule has 3 amide bonds. The van der Waals surface area contributed by atoms with E-state index in [4.69, 9.17) is 9.47 Å². The summed E-state index contributed by atoms with van der Waals surface area (Å²) in [7, 11) is 1.46. The molecule has 0 saturated heterocycles. The molecule has 9 nitrogen and oxygen atoms in total. The lowest BCUT2D eigenvalue weighted by Crippen LogP contribution is -2.32. The lowest BCUT2D eigenvalue weighted by molar-refractivity contribution is -0.136. The number of carbonyl (C=O) groups excluding carboxylic acids is 3. The van der Waals surface area contributed by atoms with Gasteiger partial charge < -0.3 is 20.1 Å². The van der Waals surface area contributed by atoms with Gasteiger partial charge in [-0.05, 0) is 78.7 Å². The minimum absolute atomic E-state index is 0.234. The van der Waals surface area contributed by atoms with Gasteiger partial charge in [-0.15, -0.1) is 0 Å². The molecular formula is C25H23FN4O5. The summed E-state index contributed by atoms with van der Waals surface area (Å²) in [5.74, 6) is -1.77. The number of aryl methyl sites for hydroxylation is 1. The predicted octanol–water partition coefficient (Wildman–Crippen LogP) is 3.25. The second kappa shape index (κ2) is 11.9. The van der Waals surface area contributed by atoms with Gasteiger partial charge in [-0.2, -0.15) is 5.10 Å². The highest BCUT2D eigenvalue weighted by molar-refractivity contribution is 6.39. The highest BCUT2D eigenvalue weighted by atomic mass is 19.1. The Morgan fingerprint density at radius 2 is 1.66 bits per heavy atom. The van der Waals surface area contributed by atoms with Crippen molar-refractivity contribution < 1.29 is 28.2 Å². The summed E-state index contributed by atoms with van der Waals surface area (Å²) in [6.07, 6.45) is 1.35. The molecule has 0 aliphatic carbocycles. The van der Waals surface area contributed by atoms with E-state index in [1.54, 1.807) is 36.4 Å². The number of hydrogen-bond acceptors (Lipinski definition) is 6. The fraction of sp³-hybridized carbons (Fsp3) is 0.120. The molecule has 0 saturated carbocycles. The molecule has 0 atom stereocenters. The van der Waals surface area contributed by atoms with Crippen LogP contribution in [0.5, 0.6) is 11.5 Å². The maximum Gasteiger partial charge on any atom is 0.329 e. The molecule has 3 rings (SSSR count). The van der Waals surface area contributed by atoms with Crippen LogP contribution in [0.2, 0.25) is 0 Å². The Morgan fingerprint density at radius 1 is 0.943 bits per heavy atom. The molecule has 3 N–H and O–H groups in total. The minimum Gasteiger partial charge on any atom is -0.495 e. The number of nitrogens with one attached hydrogen (secondary N) is 3. The molecular weight excluding hydrogens is 455 g/mol. The Kier molecular flexibility index (Phi) is 8.49. The second-order valence-electron chi connectivity index (χ2n) is 7.27.